The fourth-order valence-electron chi connectivity index (χ4n) is 2.24. The zero-order valence-electron chi connectivity index (χ0n) is 11.8. The maximum Gasteiger partial charge on any atom is 0.475 e. The Labute approximate surface area is 122 Å². The third kappa shape index (κ3) is 4.99. The van der Waals surface area contributed by atoms with Crippen molar-refractivity contribution in [1.82, 2.24) is 15.5 Å². The predicted molar refractivity (Wildman–Crippen MR) is 72.6 cm³/mol. The van der Waals surface area contributed by atoms with Crippen molar-refractivity contribution in [2.45, 2.75) is 31.7 Å². The highest BCUT2D eigenvalue weighted by Crippen LogP contribution is 2.17. The number of hydrogen-bond acceptors (Lipinski definition) is 6. The van der Waals surface area contributed by atoms with Gasteiger partial charge in [-0.1, -0.05) is 0 Å². The second-order valence-electron chi connectivity index (χ2n) is 4.86. The molecule has 0 aromatic carbocycles. The number of aliphatic hydroxyl groups is 1. The van der Waals surface area contributed by atoms with Crippen molar-refractivity contribution in [3.63, 3.8) is 0 Å². The first-order valence-electron chi connectivity index (χ1n) is 6.68. The first-order chi connectivity index (χ1) is 9.86. The Hall–Kier alpha value is -1.65. The van der Waals surface area contributed by atoms with Gasteiger partial charge < -0.3 is 30.7 Å². The fraction of sp³-hybridized carbons (Fsp3) is 0.727. The van der Waals surface area contributed by atoms with Gasteiger partial charge in [0.25, 0.3) is 0 Å². The molecule has 1 aliphatic rings. The van der Waals surface area contributed by atoms with Gasteiger partial charge in [0.2, 0.25) is 17.7 Å². The van der Waals surface area contributed by atoms with Gasteiger partial charge in [-0.05, 0) is 12.8 Å². The number of carbonyl (C=O) groups excluding carboxylic acids is 3. The molecule has 2 atom stereocenters. The number of nitrogens with one attached hydrogen (secondary N) is 2. The van der Waals surface area contributed by atoms with Crippen LogP contribution in [-0.2, 0) is 14.4 Å². The highest BCUT2D eigenvalue weighted by molar-refractivity contribution is 6.43. The van der Waals surface area contributed by atoms with Crippen molar-refractivity contribution < 1.29 is 29.5 Å². The van der Waals surface area contributed by atoms with Gasteiger partial charge in [-0.25, -0.2) is 0 Å². The highest BCUT2D eigenvalue weighted by Gasteiger charge is 2.36. The summed E-state index contributed by atoms with van der Waals surface area (Å²) < 4.78 is 0. The van der Waals surface area contributed by atoms with E-state index in [0.29, 0.717) is 19.4 Å². The normalized spacial score (nSPS) is 19.0. The Kier molecular flexibility index (Phi) is 6.60. The topological polar surface area (TPSA) is 139 Å². The lowest BCUT2D eigenvalue weighted by molar-refractivity contribution is -0.134. The molecule has 0 radical (unpaired) electrons. The monoisotopic (exact) mass is 301 g/mol. The molecule has 5 N–H and O–H groups in total. The first-order valence-corrected chi connectivity index (χ1v) is 6.68. The van der Waals surface area contributed by atoms with Gasteiger partial charge in [0.1, 0.15) is 6.04 Å². The van der Waals surface area contributed by atoms with Crippen molar-refractivity contribution in [2.75, 3.05) is 19.7 Å². The van der Waals surface area contributed by atoms with Gasteiger partial charge in [-0.2, -0.15) is 0 Å². The fourth-order valence-corrected chi connectivity index (χ4v) is 2.24. The molecule has 0 saturated carbocycles. The molecule has 1 heterocycles. The van der Waals surface area contributed by atoms with E-state index in [1.165, 1.54) is 11.8 Å². The third-order valence-electron chi connectivity index (χ3n) is 3.25. The Morgan fingerprint density at radius 3 is 2.57 bits per heavy atom. The van der Waals surface area contributed by atoms with Gasteiger partial charge in [-0.15, -0.1) is 0 Å². The van der Waals surface area contributed by atoms with E-state index in [0.717, 1.165) is 0 Å². The molecule has 1 aliphatic heterocycles. The molecule has 1 unspecified atom stereocenters. The standard InChI is InChI=1S/C11H20BN3O6/c1-7(17)14-8(6-16)11(19)13-5-10(18)15-4-2-3-9(15)12(20)21/h8-9,16,20-21H,2-6H2,1H3,(H,13,19)(H,14,17)/t8-,9?/m0/s1. The maximum atomic E-state index is 11.9. The molecule has 0 aromatic heterocycles. The summed E-state index contributed by atoms with van der Waals surface area (Å²) in [6.07, 6.45) is 1.15. The molecular formula is C11H20BN3O6. The zero-order chi connectivity index (χ0) is 16.0. The predicted octanol–water partition coefficient (Wildman–Crippen LogP) is -3.40. The van der Waals surface area contributed by atoms with E-state index in [1.807, 2.05) is 0 Å². The van der Waals surface area contributed by atoms with Gasteiger partial charge in [-0.3, -0.25) is 14.4 Å². The van der Waals surface area contributed by atoms with Crippen molar-refractivity contribution in [2.24, 2.45) is 0 Å². The number of amides is 3. The molecule has 1 fully saturated rings. The van der Waals surface area contributed by atoms with E-state index in [1.54, 1.807) is 0 Å². The number of carbonyl (C=O) groups is 3. The average molecular weight is 301 g/mol. The Balaban J connectivity index is 2.48. The van der Waals surface area contributed by atoms with Crippen molar-refractivity contribution in [1.29, 1.82) is 0 Å². The summed E-state index contributed by atoms with van der Waals surface area (Å²) in [6, 6.07) is -1.12. The second-order valence-corrected chi connectivity index (χ2v) is 4.86. The lowest BCUT2D eigenvalue weighted by atomic mass is 9.78. The summed E-state index contributed by atoms with van der Waals surface area (Å²) in [5.74, 6) is -2.27. The summed E-state index contributed by atoms with van der Waals surface area (Å²) in [7, 11) is -1.61. The smallest absolute Gasteiger partial charge is 0.426 e. The van der Waals surface area contributed by atoms with Crippen LogP contribution in [0.15, 0.2) is 0 Å². The van der Waals surface area contributed by atoms with Gasteiger partial charge >= 0.3 is 7.12 Å². The second kappa shape index (κ2) is 7.96. The Morgan fingerprint density at radius 1 is 1.38 bits per heavy atom. The lowest BCUT2D eigenvalue weighted by Gasteiger charge is -2.24. The van der Waals surface area contributed by atoms with Gasteiger partial charge in [0.15, 0.2) is 0 Å². The van der Waals surface area contributed by atoms with Crippen LogP contribution in [0.25, 0.3) is 0 Å². The Bertz CT molecular complexity index is 405. The largest absolute Gasteiger partial charge is 0.475 e. The number of nitrogens with zero attached hydrogens (tertiary/aromatic N) is 1. The lowest BCUT2D eigenvalue weighted by Crippen LogP contribution is -2.52. The maximum absolute atomic E-state index is 11.9. The van der Waals surface area contributed by atoms with Gasteiger partial charge in [0.05, 0.1) is 19.1 Å². The van der Waals surface area contributed by atoms with E-state index in [-0.39, 0.29) is 6.54 Å². The van der Waals surface area contributed by atoms with E-state index in [4.69, 9.17) is 15.2 Å². The minimum absolute atomic E-state index is 0.335. The summed E-state index contributed by atoms with van der Waals surface area (Å²) in [4.78, 5) is 35.8. The van der Waals surface area contributed by atoms with Crippen LogP contribution in [0, 0.1) is 0 Å². The van der Waals surface area contributed by atoms with Crippen LogP contribution in [0.3, 0.4) is 0 Å². The summed E-state index contributed by atoms with van der Waals surface area (Å²) in [5, 5.41) is 31.9. The van der Waals surface area contributed by atoms with Crippen LogP contribution >= 0.6 is 0 Å². The first kappa shape index (κ1) is 17.4. The summed E-state index contributed by atoms with van der Waals surface area (Å²) >= 11 is 0. The van der Waals surface area contributed by atoms with E-state index >= 15 is 0 Å². The molecule has 1 saturated heterocycles. The number of likely N-dealkylation sites (tertiary alicyclic amines) is 1. The molecule has 0 bridgehead atoms. The average Bonchev–Trinajstić information content (AvgIpc) is 2.91. The van der Waals surface area contributed by atoms with Crippen molar-refractivity contribution in [3.05, 3.63) is 0 Å². The Morgan fingerprint density at radius 2 is 2.05 bits per heavy atom. The van der Waals surface area contributed by atoms with Crippen LogP contribution in [0.2, 0.25) is 0 Å². The molecule has 0 aromatic rings. The number of aliphatic hydroxyl groups excluding tert-OH is 1. The molecule has 10 heteroatoms. The summed E-state index contributed by atoms with van der Waals surface area (Å²) in [6.45, 7) is 0.685. The molecule has 9 nitrogen and oxygen atoms in total. The van der Waals surface area contributed by atoms with Crippen LogP contribution < -0.4 is 10.6 Å². The molecule has 0 spiro atoms. The minimum Gasteiger partial charge on any atom is -0.426 e. The highest BCUT2D eigenvalue weighted by atomic mass is 16.4. The number of rotatable bonds is 6. The molecule has 118 valence electrons. The van der Waals surface area contributed by atoms with Crippen molar-refractivity contribution in [3.8, 4) is 0 Å². The summed E-state index contributed by atoms with van der Waals surface area (Å²) in [5.41, 5.74) is 0. The quantitative estimate of drug-likeness (QED) is 0.324. The van der Waals surface area contributed by atoms with Crippen LogP contribution in [0.5, 0.6) is 0 Å². The van der Waals surface area contributed by atoms with Crippen LogP contribution in [0.1, 0.15) is 19.8 Å². The van der Waals surface area contributed by atoms with E-state index < -0.39 is 43.4 Å². The third-order valence-corrected chi connectivity index (χ3v) is 3.25. The van der Waals surface area contributed by atoms with Crippen molar-refractivity contribution >= 4 is 24.8 Å². The molecule has 3 amide bonds. The van der Waals surface area contributed by atoms with E-state index in [2.05, 4.69) is 10.6 Å². The SMILES string of the molecule is CC(=O)N[C@@H](CO)C(=O)NCC(=O)N1CCCC1B(O)O. The molecule has 0 aliphatic carbocycles. The number of hydrogen-bond donors (Lipinski definition) is 5. The molecule has 21 heavy (non-hydrogen) atoms. The van der Waals surface area contributed by atoms with E-state index in [9.17, 15) is 14.4 Å². The minimum atomic E-state index is -1.61. The van der Waals surface area contributed by atoms with Crippen LogP contribution in [-0.4, -0.2) is 76.6 Å². The van der Waals surface area contributed by atoms with Crippen LogP contribution in [0.4, 0.5) is 0 Å². The zero-order valence-corrected chi connectivity index (χ0v) is 11.8. The van der Waals surface area contributed by atoms with Gasteiger partial charge in [0, 0.05) is 13.5 Å². The molecule has 1 rings (SSSR count). The molecular weight excluding hydrogens is 281 g/mol.